The quantitative estimate of drug-likeness (QED) is 0.783. The predicted molar refractivity (Wildman–Crippen MR) is 95.6 cm³/mol. The van der Waals surface area contributed by atoms with Crippen molar-refractivity contribution in [2.24, 2.45) is 0 Å². The van der Waals surface area contributed by atoms with Gasteiger partial charge < -0.3 is 14.8 Å². The molecule has 2 aromatic rings. The summed E-state index contributed by atoms with van der Waals surface area (Å²) >= 11 is 5.93. The van der Waals surface area contributed by atoms with E-state index in [0.29, 0.717) is 16.8 Å². The lowest BCUT2D eigenvalue weighted by molar-refractivity contribution is -0.123. The molecule has 2 amide bonds. The summed E-state index contributed by atoms with van der Waals surface area (Å²) in [6.45, 7) is -0.751. The molecule has 1 aliphatic rings. The zero-order valence-corrected chi connectivity index (χ0v) is 15.2. The van der Waals surface area contributed by atoms with Crippen LogP contribution in [0, 0.1) is 11.6 Å². The molecule has 28 heavy (non-hydrogen) atoms. The molecular formula is C18H13ClF2N2O5. The number of benzene rings is 2. The third-order valence-corrected chi connectivity index (χ3v) is 4.14. The lowest BCUT2D eigenvalue weighted by atomic mass is 10.1. The summed E-state index contributed by atoms with van der Waals surface area (Å²) in [6, 6.07) is 5.85. The van der Waals surface area contributed by atoms with Crippen LogP contribution in [0.25, 0.3) is 0 Å². The molecule has 7 nitrogen and oxygen atoms in total. The number of hydrogen-bond acceptors (Lipinski definition) is 5. The molecule has 0 spiro atoms. The number of halogens is 3. The lowest BCUT2D eigenvalue weighted by Crippen LogP contribution is -2.43. The number of nitrogens with one attached hydrogen (secondary N) is 1. The van der Waals surface area contributed by atoms with Gasteiger partial charge in [-0.25, -0.2) is 13.6 Å². The number of rotatable bonds is 4. The first-order valence-corrected chi connectivity index (χ1v) is 8.28. The number of carbonyl (C=O) groups excluding carboxylic acids is 3. The van der Waals surface area contributed by atoms with E-state index < -0.39 is 47.2 Å². The van der Waals surface area contributed by atoms with Crippen molar-refractivity contribution in [2.45, 2.75) is 0 Å². The third-order valence-electron chi connectivity index (χ3n) is 3.90. The predicted octanol–water partition coefficient (Wildman–Crippen LogP) is 2.77. The smallest absolute Gasteiger partial charge is 0.340 e. The largest absolute Gasteiger partial charge is 0.482 e. The fourth-order valence-electron chi connectivity index (χ4n) is 2.59. The number of methoxy groups -OCH3 is 1. The van der Waals surface area contributed by atoms with Crippen LogP contribution in [0.2, 0.25) is 5.02 Å². The van der Waals surface area contributed by atoms with Crippen molar-refractivity contribution in [3.8, 4) is 5.75 Å². The third kappa shape index (κ3) is 3.89. The number of ether oxygens (including phenoxy) is 2. The zero-order valence-electron chi connectivity index (χ0n) is 14.4. The molecule has 0 aliphatic carbocycles. The van der Waals surface area contributed by atoms with E-state index in [9.17, 15) is 23.2 Å². The minimum absolute atomic E-state index is 0.278. The van der Waals surface area contributed by atoms with Crippen molar-refractivity contribution < 1.29 is 32.6 Å². The van der Waals surface area contributed by atoms with Crippen molar-refractivity contribution in [1.82, 2.24) is 0 Å². The summed E-state index contributed by atoms with van der Waals surface area (Å²) in [5.41, 5.74) is -0.689. The molecule has 2 aromatic carbocycles. The van der Waals surface area contributed by atoms with Crippen LogP contribution in [0.5, 0.6) is 5.75 Å². The highest BCUT2D eigenvalue weighted by molar-refractivity contribution is 6.31. The average molecular weight is 411 g/mol. The molecule has 3 rings (SSSR count). The molecule has 0 atom stereocenters. The standard InChI is InChI=1S/C18H13ClF2N2O5/c1-27-18(26)10-5-13(12(21)6-11(10)20)22-16(24)7-23-14-4-9(19)2-3-15(14)28-8-17(23)25/h2-6H,7-8H2,1H3,(H,22,24). The monoisotopic (exact) mass is 410 g/mol. The number of anilines is 2. The van der Waals surface area contributed by atoms with Gasteiger partial charge in [-0.3, -0.25) is 14.5 Å². The first-order chi connectivity index (χ1) is 13.3. The molecule has 0 bridgehead atoms. The van der Waals surface area contributed by atoms with Gasteiger partial charge in [0.25, 0.3) is 5.91 Å². The molecule has 1 heterocycles. The second-order valence-corrected chi connectivity index (χ2v) is 6.17. The van der Waals surface area contributed by atoms with Crippen molar-refractivity contribution in [3.63, 3.8) is 0 Å². The Hall–Kier alpha value is -3.20. The fraction of sp³-hybridized carbons (Fsp3) is 0.167. The van der Waals surface area contributed by atoms with Crippen molar-refractivity contribution in [3.05, 3.63) is 52.6 Å². The molecule has 10 heteroatoms. The van der Waals surface area contributed by atoms with Crippen LogP contribution in [-0.2, 0) is 14.3 Å². The molecule has 146 valence electrons. The molecular weight excluding hydrogens is 398 g/mol. The lowest BCUT2D eigenvalue weighted by Gasteiger charge is -2.29. The summed E-state index contributed by atoms with van der Waals surface area (Å²) in [4.78, 5) is 37.2. The summed E-state index contributed by atoms with van der Waals surface area (Å²) in [5.74, 6) is -4.16. The second kappa shape index (κ2) is 7.81. The van der Waals surface area contributed by atoms with Gasteiger partial charge in [-0.2, -0.15) is 0 Å². The van der Waals surface area contributed by atoms with Gasteiger partial charge in [0.05, 0.1) is 24.0 Å². The van der Waals surface area contributed by atoms with Crippen LogP contribution in [0.3, 0.4) is 0 Å². The number of carbonyl (C=O) groups is 3. The topological polar surface area (TPSA) is 84.9 Å². The number of esters is 1. The molecule has 0 fully saturated rings. The van der Waals surface area contributed by atoms with Gasteiger partial charge in [0.1, 0.15) is 23.9 Å². The van der Waals surface area contributed by atoms with Crippen LogP contribution in [0.4, 0.5) is 20.2 Å². The van der Waals surface area contributed by atoms with Crippen molar-refractivity contribution >= 4 is 40.8 Å². The van der Waals surface area contributed by atoms with E-state index in [1.807, 2.05) is 0 Å². The van der Waals surface area contributed by atoms with Gasteiger partial charge in [0.2, 0.25) is 5.91 Å². The van der Waals surface area contributed by atoms with E-state index in [4.69, 9.17) is 16.3 Å². The first-order valence-electron chi connectivity index (χ1n) is 7.90. The van der Waals surface area contributed by atoms with Gasteiger partial charge >= 0.3 is 5.97 Å². The first kappa shape index (κ1) is 19.6. The minimum Gasteiger partial charge on any atom is -0.482 e. The Morgan fingerprint density at radius 2 is 2.00 bits per heavy atom. The van der Waals surface area contributed by atoms with E-state index in [1.165, 1.54) is 6.07 Å². The number of nitrogens with zero attached hydrogens (tertiary/aromatic N) is 1. The van der Waals surface area contributed by atoms with E-state index in [1.54, 1.807) is 12.1 Å². The maximum Gasteiger partial charge on any atom is 0.340 e. The Morgan fingerprint density at radius 1 is 1.25 bits per heavy atom. The van der Waals surface area contributed by atoms with Gasteiger partial charge in [0.15, 0.2) is 6.61 Å². The Balaban J connectivity index is 1.83. The van der Waals surface area contributed by atoms with Crippen LogP contribution >= 0.6 is 11.6 Å². The van der Waals surface area contributed by atoms with E-state index in [0.717, 1.165) is 18.1 Å². The van der Waals surface area contributed by atoms with Gasteiger partial charge in [-0.15, -0.1) is 0 Å². The molecule has 0 saturated heterocycles. The fourth-order valence-corrected chi connectivity index (χ4v) is 2.76. The zero-order chi connectivity index (χ0) is 20.4. The van der Waals surface area contributed by atoms with Crippen molar-refractivity contribution in [2.75, 3.05) is 30.5 Å². The number of fused-ring (bicyclic) bond motifs is 1. The molecule has 1 aliphatic heterocycles. The van der Waals surface area contributed by atoms with Gasteiger partial charge in [-0.1, -0.05) is 11.6 Å². The summed E-state index contributed by atoms with van der Waals surface area (Å²) in [5, 5.41) is 2.54. The van der Waals surface area contributed by atoms with Gasteiger partial charge in [0, 0.05) is 11.1 Å². The van der Waals surface area contributed by atoms with Gasteiger partial charge in [-0.05, 0) is 24.3 Å². The van der Waals surface area contributed by atoms with Crippen molar-refractivity contribution in [1.29, 1.82) is 0 Å². The minimum atomic E-state index is -1.13. The Labute approximate surface area is 162 Å². The van der Waals surface area contributed by atoms with Crippen LogP contribution in [-0.4, -0.2) is 38.0 Å². The SMILES string of the molecule is COC(=O)c1cc(NC(=O)CN2C(=O)COc3ccc(Cl)cc32)c(F)cc1F. The Kier molecular flexibility index (Phi) is 5.46. The maximum absolute atomic E-state index is 14.0. The highest BCUT2D eigenvalue weighted by atomic mass is 35.5. The molecule has 1 N–H and O–H groups in total. The highest BCUT2D eigenvalue weighted by Crippen LogP contribution is 2.34. The molecule has 0 unspecified atom stereocenters. The van der Waals surface area contributed by atoms with E-state index in [-0.39, 0.29) is 12.3 Å². The molecule has 0 aromatic heterocycles. The summed E-state index contributed by atoms with van der Waals surface area (Å²) in [6.07, 6.45) is 0. The summed E-state index contributed by atoms with van der Waals surface area (Å²) in [7, 11) is 1.04. The average Bonchev–Trinajstić information content (AvgIpc) is 2.65. The Morgan fingerprint density at radius 3 is 2.71 bits per heavy atom. The number of hydrogen-bond donors (Lipinski definition) is 1. The van der Waals surface area contributed by atoms with E-state index in [2.05, 4.69) is 10.1 Å². The van der Waals surface area contributed by atoms with Crippen LogP contribution < -0.4 is 15.0 Å². The van der Waals surface area contributed by atoms with Crippen LogP contribution in [0.1, 0.15) is 10.4 Å². The highest BCUT2D eigenvalue weighted by Gasteiger charge is 2.28. The Bertz CT molecular complexity index is 983. The van der Waals surface area contributed by atoms with E-state index >= 15 is 0 Å². The number of amides is 2. The molecule has 0 radical (unpaired) electrons. The second-order valence-electron chi connectivity index (χ2n) is 5.73. The summed E-state index contributed by atoms with van der Waals surface area (Å²) < 4.78 is 37.4. The van der Waals surface area contributed by atoms with Crippen LogP contribution in [0.15, 0.2) is 30.3 Å². The molecule has 0 saturated carbocycles. The normalized spacial score (nSPS) is 12.9. The maximum atomic E-state index is 14.0.